The first-order chi connectivity index (χ1) is 14.8. The number of amides is 1. The Labute approximate surface area is 186 Å². The molecule has 1 saturated heterocycles. The first kappa shape index (κ1) is 23.3. The summed E-state index contributed by atoms with van der Waals surface area (Å²) >= 11 is 0. The van der Waals surface area contributed by atoms with Crippen molar-refractivity contribution in [2.75, 3.05) is 30.6 Å². The molecule has 0 bridgehead atoms. The molecule has 0 aromatic heterocycles. The van der Waals surface area contributed by atoms with Gasteiger partial charge in [-0.2, -0.15) is 0 Å². The molecule has 0 spiro atoms. The second kappa shape index (κ2) is 10.3. The van der Waals surface area contributed by atoms with Crippen LogP contribution in [-0.2, 0) is 16.6 Å². The van der Waals surface area contributed by atoms with Crippen LogP contribution in [0.1, 0.15) is 47.7 Å². The molecule has 1 aliphatic rings. The zero-order chi connectivity index (χ0) is 22.4. The molecule has 0 radical (unpaired) electrons. The zero-order valence-corrected chi connectivity index (χ0v) is 19.5. The average molecular weight is 444 g/mol. The van der Waals surface area contributed by atoms with E-state index in [1.54, 1.807) is 18.2 Å². The summed E-state index contributed by atoms with van der Waals surface area (Å²) in [6.45, 7) is 7.36. The number of rotatable bonds is 8. The SMILES string of the molecule is CCCN(C(=O)c1ccc(C)c(NS(C)(=O)=O)c1)[C@H]1CCCN(Cc2ccccc2)C1. The van der Waals surface area contributed by atoms with Crippen molar-refractivity contribution in [3.05, 3.63) is 65.2 Å². The summed E-state index contributed by atoms with van der Waals surface area (Å²) in [5.41, 5.74) is 3.05. The topological polar surface area (TPSA) is 69.7 Å². The third-order valence-corrected chi connectivity index (χ3v) is 6.27. The number of aryl methyl sites for hydroxylation is 1. The van der Waals surface area contributed by atoms with Crippen LogP contribution in [-0.4, -0.2) is 56.1 Å². The standard InChI is InChI=1S/C24H33N3O3S/c1-4-14-27(22-11-8-15-26(18-22)17-20-9-6-5-7-10-20)24(28)21-13-12-19(2)23(16-21)25-31(3,29)30/h5-7,9-10,12-13,16,22,25H,4,8,11,14-15,17-18H2,1-3H3/t22-/m0/s1. The van der Waals surface area contributed by atoms with Crippen molar-refractivity contribution in [3.63, 3.8) is 0 Å². The summed E-state index contributed by atoms with van der Waals surface area (Å²) in [7, 11) is -3.41. The van der Waals surface area contributed by atoms with Gasteiger partial charge in [-0.1, -0.05) is 43.3 Å². The van der Waals surface area contributed by atoms with E-state index in [0.717, 1.165) is 50.7 Å². The molecule has 2 aromatic carbocycles. The molecule has 168 valence electrons. The lowest BCUT2D eigenvalue weighted by Crippen LogP contribution is -2.50. The monoisotopic (exact) mass is 443 g/mol. The van der Waals surface area contributed by atoms with E-state index in [4.69, 9.17) is 0 Å². The van der Waals surface area contributed by atoms with Gasteiger partial charge in [0.25, 0.3) is 5.91 Å². The van der Waals surface area contributed by atoms with Gasteiger partial charge in [-0.15, -0.1) is 0 Å². The summed E-state index contributed by atoms with van der Waals surface area (Å²) < 4.78 is 25.9. The van der Waals surface area contributed by atoms with Crippen LogP contribution in [0, 0.1) is 6.92 Å². The molecule has 0 aliphatic carbocycles. The summed E-state index contributed by atoms with van der Waals surface area (Å²) in [4.78, 5) is 17.9. The van der Waals surface area contributed by atoms with Gasteiger partial charge in [-0.25, -0.2) is 8.42 Å². The third-order valence-electron chi connectivity index (χ3n) is 5.68. The van der Waals surface area contributed by atoms with Crippen molar-refractivity contribution in [2.45, 2.75) is 45.7 Å². The number of benzene rings is 2. The molecule has 1 N–H and O–H groups in total. The van der Waals surface area contributed by atoms with Crippen LogP contribution in [0.5, 0.6) is 0 Å². The molecular weight excluding hydrogens is 410 g/mol. The number of carbonyl (C=O) groups is 1. The lowest BCUT2D eigenvalue weighted by molar-refractivity contribution is 0.0534. The molecule has 7 heteroatoms. The van der Waals surface area contributed by atoms with Crippen LogP contribution >= 0.6 is 0 Å². The number of hydrogen-bond acceptors (Lipinski definition) is 4. The molecule has 1 heterocycles. The first-order valence-corrected chi connectivity index (χ1v) is 12.8. The van der Waals surface area contributed by atoms with Gasteiger partial charge in [0, 0.05) is 31.2 Å². The fraction of sp³-hybridized carbons (Fsp3) is 0.458. The molecule has 1 aliphatic heterocycles. The molecule has 1 atom stereocenters. The second-order valence-corrected chi connectivity index (χ2v) is 10.2. The molecule has 6 nitrogen and oxygen atoms in total. The minimum absolute atomic E-state index is 0.0371. The van der Waals surface area contributed by atoms with Gasteiger partial charge in [-0.05, 0) is 56.0 Å². The molecule has 3 rings (SSSR count). The van der Waals surface area contributed by atoms with Crippen molar-refractivity contribution in [3.8, 4) is 0 Å². The van der Waals surface area contributed by atoms with Crippen LogP contribution < -0.4 is 4.72 Å². The quantitative estimate of drug-likeness (QED) is 0.672. The maximum Gasteiger partial charge on any atom is 0.254 e. The number of nitrogens with one attached hydrogen (secondary N) is 1. The predicted molar refractivity (Wildman–Crippen MR) is 126 cm³/mol. The van der Waals surface area contributed by atoms with Crippen molar-refractivity contribution < 1.29 is 13.2 Å². The summed E-state index contributed by atoms with van der Waals surface area (Å²) in [5.74, 6) is -0.0371. The van der Waals surface area contributed by atoms with Crippen LogP contribution in [0.15, 0.2) is 48.5 Å². The van der Waals surface area contributed by atoms with Crippen LogP contribution in [0.3, 0.4) is 0 Å². The smallest absolute Gasteiger partial charge is 0.254 e. The Hall–Kier alpha value is -2.38. The second-order valence-electron chi connectivity index (χ2n) is 8.42. The molecular formula is C24H33N3O3S. The Balaban J connectivity index is 1.77. The maximum atomic E-state index is 13.5. The average Bonchev–Trinajstić information content (AvgIpc) is 2.73. The van der Waals surface area contributed by atoms with Gasteiger partial charge in [0.05, 0.1) is 11.9 Å². The number of likely N-dealkylation sites (tertiary alicyclic amines) is 1. The van der Waals surface area contributed by atoms with Crippen molar-refractivity contribution in [2.24, 2.45) is 0 Å². The lowest BCUT2D eigenvalue weighted by atomic mass is 10.0. The summed E-state index contributed by atoms with van der Waals surface area (Å²) in [5, 5.41) is 0. The Bertz CT molecular complexity index is 992. The van der Waals surface area contributed by atoms with Crippen LogP contribution in [0.2, 0.25) is 0 Å². The molecule has 1 fully saturated rings. The normalized spacial score (nSPS) is 17.3. The van der Waals surface area contributed by atoms with E-state index in [-0.39, 0.29) is 11.9 Å². The van der Waals surface area contributed by atoms with E-state index in [1.807, 2.05) is 17.9 Å². The summed E-state index contributed by atoms with van der Waals surface area (Å²) in [6, 6.07) is 15.8. The minimum atomic E-state index is -3.41. The lowest BCUT2D eigenvalue weighted by Gasteiger charge is -2.39. The molecule has 0 saturated carbocycles. The van der Waals surface area contributed by atoms with Crippen molar-refractivity contribution >= 4 is 21.6 Å². The van der Waals surface area contributed by atoms with Gasteiger partial charge in [0.2, 0.25) is 10.0 Å². The van der Waals surface area contributed by atoms with Crippen molar-refractivity contribution in [1.29, 1.82) is 0 Å². The Morgan fingerprint density at radius 2 is 1.94 bits per heavy atom. The van der Waals surface area contributed by atoms with Crippen LogP contribution in [0.4, 0.5) is 5.69 Å². The molecule has 31 heavy (non-hydrogen) atoms. The number of hydrogen-bond donors (Lipinski definition) is 1. The van der Waals surface area contributed by atoms with Gasteiger partial charge in [-0.3, -0.25) is 14.4 Å². The summed E-state index contributed by atoms with van der Waals surface area (Å²) in [6.07, 6.45) is 4.03. The first-order valence-electron chi connectivity index (χ1n) is 10.9. The molecule has 1 amide bonds. The third kappa shape index (κ3) is 6.55. The number of nitrogens with zero attached hydrogens (tertiary/aromatic N) is 2. The van der Waals surface area contributed by atoms with E-state index in [1.165, 1.54) is 5.56 Å². The van der Waals surface area contributed by atoms with E-state index in [9.17, 15) is 13.2 Å². The Morgan fingerprint density at radius 3 is 2.61 bits per heavy atom. The number of anilines is 1. The predicted octanol–water partition coefficient (Wildman–Crippen LogP) is 3.88. The number of piperidine rings is 1. The fourth-order valence-electron chi connectivity index (χ4n) is 4.19. The largest absolute Gasteiger partial charge is 0.334 e. The van der Waals surface area contributed by atoms with E-state index >= 15 is 0 Å². The highest BCUT2D eigenvalue weighted by molar-refractivity contribution is 7.92. The van der Waals surface area contributed by atoms with E-state index in [2.05, 4.69) is 40.8 Å². The Kier molecular flexibility index (Phi) is 7.73. The fourth-order valence-corrected chi connectivity index (χ4v) is 4.81. The van der Waals surface area contributed by atoms with Crippen LogP contribution in [0.25, 0.3) is 0 Å². The highest BCUT2D eigenvalue weighted by atomic mass is 32.2. The van der Waals surface area contributed by atoms with Crippen molar-refractivity contribution in [1.82, 2.24) is 9.80 Å². The maximum absolute atomic E-state index is 13.5. The van der Waals surface area contributed by atoms with E-state index < -0.39 is 10.0 Å². The highest BCUT2D eigenvalue weighted by Gasteiger charge is 2.29. The molecule has 0 unspecified atom stereocenters. The number of carbonyl (C=O) groups excluding carboxylic acids is 1. The van der Waals surface area contributed by atoms with E-state index in [0.29, 0.717) is 17.8 Å². The van der Waals surface area contributed by atoms with Gasteiger partial charge in [0.1, 0.15) is 0 Å². The Morgan fingerprint density at radius 1 is 1.19 bits per heavy atom. The highest BCUT2D eigenvalue weighted by Crippen LogP contribution is 2.23. The van der Waals surface area contributed by atoms with Gasteiger partial charge >= 0.3 is 0 Å². The van der Waals surface area contributed by atoms with Gasteiger partial charge < -0.3 is 4.90 Å². The zero-order valence-electron chi connectivity index (χ0n) is 18.7. The number of sulfonamides is 1. The minimum Gasteiger partial charge on any atom is -0.334 e. The van der Waals surface area contributed by atoms with Gasteiger partial charge in [0.15, 0.2) is 0 Å². The molecule has 2 aromatic rings.